The Bertz CT molecular complexity index is 719. The zero-order chi connectivity index (χ0) is 17.4. The predicted octanol–water partition coefficient (Wildman–Crippen LogP) is 3.64. The Morgan fingerprint density at radius 3 is 2.54 bits per heavy atom. The summed E-state index contributed by atoms with van der Waals surface area (Å²) in [5.41, 5.74) is 2.02. The van der Waals surface area contributed by atoms with Gasteiger partial charge >= 0.3 is 0 Å². The lowest BCUT2D eigenvalue weighted by Crippen LogP contribution is -2.24. The monoisotopic (exact) mass is 389 g/mol. The van der Waals surface area contributed by atoms with E-state index in [1.165, 1.54) is 0 Å². The smallest absolute Gasteiger partial charge is 0.251 e. The first-order valence-corrected chi connectivity index (χ1v) is 8.55. The number of carbonyl (C=O) groups is 2. The van der Waals surface area contributed by atoms with Crippen LogP contribution in [0.3, 0.4) is 0 Å². The van der Waals surface area contributed by atoms with E-state index in [-0.39, 0.29) is 18.4 Å². The molecular formula is C18H20BrN3O2. The fraction of sp³-hybridized carbons (Fsp3) is 0.222. The molecule has 2 rings (SSSR count). The van der Waals surface area contributed by atoms with Crippen molar-refractivity contribution < 1.29 is 9.59 Å². The zero-order valence-corrected chi connectivity index (χ0v) is 15.0. The van der Waals surface area contributed by atoms with Crippen molar-refractivity contribution >= 4 is 39.1 Å². The van der Waals surface area contributed by atoms with Crippen LogP contribution in [0.15, 0.2) is 53.0 Å². The van der Waals surface area contributed by atoms with Crippen LogP contribution >= 0.6 is 15.9 Å². The topological polar surface area (TPSA) is 70.2 Å². The maximum absolute atomic E-state index is 12.0. The Balaban J connectivity index is 1.89. The van der Waals surface area contributed by atoms with Crippen molar-refractivity contribution in [1.29, 1.82) is 0 Å². The molecule has 2 aromatic carbocycles. The quantitative estimate of drug-likeness (QED) is 0.676. The summed E-state index contributed by atoms with van der Waals surface area (Å²) >= 11 is 3.36. The molecule has 0 aliphatic rings. The van der Waals surface area contributed by atoms with Crippen LogP contribution in [0.5, 0.6) is 0 Å². The number of benzene rings is 2. The first kappa shape index (κ1) is 18.0. The molecule has 0 heterocycles. The van der Waals surface area contributed by atoms with Crippen molar-refractivity contribution in [1.82, 2.24) is 5.32 Å². The van der Waals surface area contributed by atoms with Crippen molar-refractivity contribution in [3.63, 3.8) is 0 Å². The Labute approximate surface area is 150 Å². The van der Waals surface area contributed by atoms with Gasteiger partial charge in [-0.3, -0.25) is 9.59 Å². The molecule has 0 aliphatic heterocycles. The zero-order valence-electron chi connectivity index (χ0n) is 13.4. The summed E-state index contributed by atoms with van der Waals surface area (Å²) < 4.78 is 0.902. The van der Waals surface area contributed by atoms with E-state index >= 15 is 0 Å². The largest absolute Gasteiger partial charge is 0.376 e. The maximum Gasteiger partial charge on any atom is 0.251 e. The molecule has 0 bridgehead atoms. The molecule has 2 aromatic rings. The highest BCUT2D eigenvalue weighted by Crippen LogP contribution is 2.15. The molecule has 2 amide bonds. The fourth-order valence-corrected chi connectivity index (χ4v) is 2.46. The minimum Gasteiger partial charge on any atom is -0.376 e. The standard InChI is InChI=1S/C18H20BrN3O2/c1-2-9-20-18(24)13-5-3-7-15(10-13)21-12-17(23)22-16-8-4-6-14(19)11-16/h3-8,10-11,21H,2,9,12H2,1H3,(H,20,24)(H,22,23). The minimum absolute atomic E-state index is 0.112. The third kappa shape index (κ3) is 5.70. The first-order chi connectivity index (χ1) is 11.6. The summed E-state index contributed by atoms with van der Waals surface area (Å²) in [6.07, 6.45) is 0.888. The number of anilines is 2. The fourth-order valence-electron chi connectivity index (χ4n) is 2.06. The third-order valence-corrected chi connectivity index (χ3v) is 3.72. The van der Waals surface area contributed by atoms with Crippen LogP contribution in [0.1, 0.15) is 23.7 Å². The number of carbonyl (C=O) groups excluding carboxylic acids is 2. The van der Waals surface area contributed by atoms with E-state index in [0.717, 1.165) is 22.3 Å². The first-order valence-electron chi connectivity index (χ1n) is 7.76. The summed E-state index contributed by atoms with van der Waals surface area (Å²) in [6.45, 7) is 2.76. The van der Waals surface area contributed by atoms with Gasteiger partial charge in [0.25, 0.3) is 5.91 Å². The Hall–Kier alpha value is -2.34. The van der Waals surface area contributed by atoms with E-state index in [1.807, 2.05) is 37.3 Å². The van der Waals surface area contributed by atoms with Gasteiger partial charge in [0.1, 0.15) is 0 Å². The molecule has 6 heteroatoms. The Morgan fingerprint density at radius 2 is 1.79 bits per heavy atom. The second-order valence-electron chi connectivity index (χ2n) is 5.25. The lowest BCUT2D eigenvalue weighted by atomic mass is 10.2. The van der Waals surface area contributed by atoms with Crippen LogP contribution in [0.2, 0.25) is 0 Å². The SMILES string of the molecule is CCCNC(=O)c1cccc(NCC(=O)Nc2cccc(Br)c2)c1. The van der Waals surface area contributed by atoms with Crippen LogP contribution in [-0.4, -0.2) is 24.9 Å². The number of halogens is 1. The second kappa shape index (κ2) is 9.08. The molecule has 126 valence electrons. The van der Waals surface area contributed by atoms with E-state index < -0.39 is 0 Å². The van der Waals surface area contributed by atoms with Gasteiger partial charge in [0.15, 0.2) is 0 Å². The summed E-state index contributed by atoms with van der Waals surface area (Å²) in [4.78, 5) is 23.9. The van der Waals surface area contributed by atoms with Gasteiger partial charge in [-0.2, -0.15) is 0 Å². The van der Waals surface area contributed by atoms with Gasteiger partial charge in [-0.1, -0.05) is 35.0 Å². The van der Waals surface area contributed by atoms with Crippen molar-refractivity contribution in [3.05, 3.63) is 58.6 Å². The molecule has 3 N–H and O–H groups in total. The third-order valence-electron chi connectivity index (χ3n) is 3.22. The minimum atomic E-state index is -0.158. The van der Waals surface area contributed by atoms with Crippen LogP contribution in [0.25, 0.3) is 0 Å². The van der Waals surface area contributed by atoms with E-state index in [0.29, 0.717) is 12.1 Å². The van der Waals surface area contributed by atoms with E-state index in [9.17, 15) is 9.59 Å². The summed E-state index contributed by atoms with van der Waals surface area (Å²) in [5.74, 6) is -0.270. The molecule has 0 atom stereocenters. The van der Waals surface area contributed by atoms with Gasteiger partial charge in [-0.05, 0) is 42.8 Å². The number of hydrogen-bond acceptors (Lipinski definition) is 3. The molecule has 0 saturated heterocycles. The molecular weight excluding hydrogens is 370 g/mol. The summed E-state index contributed by atoms with van der Waals surface area (Å²) in [6, 6.07) is 14.5. The van der Waals surface area contributed by atoms with Crippen molar-refractivity contribution in [2.45, 2.75) is 13.3 Å². The van der Waals surface area contributed by atoms with Crippen molar-refractivity contribution in [2.75, 3.05) is 23.7 Å². The summed E-state index contributed by atoms with van der Waals surface area (Å²) in [5, 5.41) is 8.66. The number of amides is 2. The van der Waals surface area contributed by atoms with Crippen LogP contribution in [-0.2, 0) is 4.79 Å². The average Bonchev–Trinajstić information content (AvgIpc) is 2.58. The van der Waals surface area contributed by atoms with E-state index in [1.54, 1.807) is 18.2 Å². The normalized spacial score (nSPS) is 10.1. The molecule has 5 nitrogen and oxygen atoms in total. The number of rotatable bonds is 7. The van der Waals surface area contributed by atoms with E-state index in [4.69, 9.17) is 0 Å². The number of nitrogens with one attached hydrogen (secondary N) is 3. The average molecular weight is 390 g/mol. The molecule has 0 radical (unpaired) electrons. The second-order valence-corrected chi connectivity index (χ2v) is 6.16. The van der Waals surface area contributed by atoms with Crippen LogP contribution in [0, 0.1) is 0 Å². The van der Waals surface area contributed by atoms with Gasteiger partial charge in [0, 0.05) is 28.0 Å². The molecule has 0 aromatic heterocycles. The molecule has 0 unspecified atom stereocenters. The van der Waals surface area contributed by atoms with Crippen molar-refractivity contribution in [3.8, 4) is 0 Å². The van der Waals surface area contributed by atoms with Gasteiger partial charge in [0.2, 0.25) is 5.91 Å². The maximum atomic E-state index is 12.0. The van der Waals surface area contributed by atoms with E-state index in [2.05, 4.69) is 31.9 Å². The molecule has 24 heavy (non-hydrogen) atoms. The molecule has 0 saturated carbocycles. The van der Waals surface area contributed by atoms with Crippen molar-refractivity contribution in [2.24, 2.45) is 0 Å². The highest BCUT2D eigenvalue weighted by atomic mass is 79.9. The summed E-state index contributed by atoms with van der Waals surface area (Å²) in [7, 11) is 0. The molecule has 0 spiro atoms. The Morgan fingerprint density at radius 1 is 1.04 bits per heavy atom. The highest BCUT2D eigenvalue weighted by Gasteiger charge is 2.06. The van der Waals surface area contributed by atoms with Gasteiger partial charge in [-0.15, -0.1) is 0 Å². The lowest BCUT2D eigenvalue weighted by Gasteiger charge is -2.09. The molecule has 0 aliphatic carbocycles. The van der Waals surface area contributed by atoms with Gasteiger partial charge in [-0.25, -0.2) is 0 Å². The highest BCUT2D eigenvalue weighted by molar-refractivity contribution is 9.10. The van der Waals surface area contributed by atoms with Crippen LogP contribution < -0.4 is 16.0 Å². The number of hydrogen-bond donors (Lipinski definition) is 3. The van der Waals surface area contributed by atoms with Gasteiger partial charge in [0.05, 0.1) is 6.54 Å². The van der Waals surface area contributed by atoms with Gasteiger partial charge < -0.3 is 16.0 Å². The molecule has 0 fully saturated rings. The lowest BCUT2D eigenvalue weighted by molar-refractivity contribution is -0.114. The predicted molar refractivity (Wildman–Crippen MR) is 100 cm³/mol. The Kier molecular flexibility index (Phi) is 6.81. The van der Waals surface area contributed by atoms with Crippen LogP contribution in [0.4, 0.5) is 11.4 Å².